The summed E-state index contributed by atoms with van der Waals surface area (Å²) in [6.45, 7) is 2.70. The summed E-state index contributed by atoms with van der Waals surface area (Å²) < 4.78 is 11.7. The van der Waals surface area contributed by atoms with Crippen molar-refractivity contribution < 1.29 is 14.3 Å². The van der Waals surface area contributed by atoms with Crippen molar-refractivity contribution in [2.75, 3.05) is 6.61 Å². The number of Topliss-reactive ketones (excluding diaryl/α,β-unsaturated/α-hetero) is 1. The maximum atomic E-state index is 12.6. The van der Waals surface area contributed by atoms with E-state index in [-0.39, 0.29) is 5.78 Å². The molecule has 0 aliphatic carbocycles. The van der Waals surface area contributed by atoms with Gasteiger partial charge < -0.3 is 9.47 Å². The minimum Gasteiger partial charge on any atom is -0.490 e. The van der Waals surface area contributed by atoms with Gasteiger partial charge in [0.2, 0.25) is 5.78 Å². The van der Waals surface area contributed by atoms with E-state index < -0.39 is 0 Å². The van der Waals surface area contributed by atoms with E-state index in [2.05, 4.69) is 0 Å². The highest BCUT2D eigenvalue weighted by molar-refractivity contribution is 8.04. The molecule has 3 aromatic carbocycles. The zero-order chi connectivity index (χ0) is 21.1. The Hall–Kier alpha value is -2.40. The minimum atomic E-state index is 0.0475. The average molecular weight is 457 g/mol. The van der Waals surface area contributed by atoms with Crippen LogP contribution in [0, 0.1) is 0 Å². The number of rotatable bonds is 6. The smallest absolute Gasteiger partial charge is 0.200 e. The third kappa shape index (κ3) is 4.51. The van der Waals surface area contributed by atoms with Gasteiger partial charge >= 0.3 is 0 Å². The number of halogens is 2. The molecule has 3 aromatic rings. The van der Waals surface area contributed by atoms with E-state index in [0.29, 0.717) is 39.7 Å². The Morgan fingerprint density at radius 3 is 2.57 bits per heavy atom. The summed E-state index contributed by atoms with van der Waals surface area (Å²) in [4.78, 5) is 14.3. The standard InChI is InChI=1S/C24H18Cl2O3S/c1-2-28-21-11-15(12-23-24(27)18-5-3-4-6-22(18)30-23)7-10-20(21)29-14-16-8-9-17(25)13-19(16)26/h3-13H,2,14H2,1H3/b23-12-. The van der Waals surface area contributed by atoms with E-state index in [0.717, 1.165) is 21.6 Å². The monoisotopic (exact) mass is 456 g/mol. The summed E-state index contributed by atoms with van der Waals surface area (Å²) in [5.74, 6) is 1.27. The Morgan fingerprint density at radius 1 is 0.967 bits per heavy atom. The number of hydrogen-bond donors (Lipinski definition) is 0. The van der Waals surface area contributed by atoms with Crippen molar-refractivity contribution >= 4 is 46.8 Å². The lowest BCUT2D eigenvalue weighted by Crippen LogP contribution is -2.00. The summed E-state index contributed by atoms with van der Waals surface area (Å²) >= 11 is 13.7. The van der Waals surface area contributed by atoms with Gasteiger partial charge in [-0.25, -0.2) is 0 Å². The molecule has 30 heavy (non-hydrogen) atoms. The summed E-state index contributed by atoms with van der Waals surface area (Å²) in [7, 11) is 0. The second-order valence-corrected chi connectivity index (χ2v) is 8.53. The molecule has 0 radical (unpaired) electrons. The number of carbonyl (C=O) groups is 1. The Bertz CT molecular complexity index is 1140. The lowest BCUT2D eigenvalue weighted by Gasteiger charge is -2.13. The van der Waals surface area contributed by atoms with Gasteiger partial charge in [0.15, 0.2) is 11.5 Å². The van der Waals surface area contributed by atoms with Crippen LogP contribution in [0.2, 0.25) is 10.0 Å². The molecule has 1 aliphatic heterocycles. The molecule has 3 nitrogen and oxygen atoms in total. The number of thioether (sulfide) groups is 1. The van der Waals surface area contributed by atoms with Crippen LogP contribution in [-0.2, 0) is 6.61 Å². The van der Waals surface area contributed by atoms with Crippen LogP contribution in [0.5, 0.6) is 11.5 Å². The molecule has 0 N–H and O–H groups in total. The number of allylic oxidation sites excluding steroid dienone is 1. The predicted octanol–water partition coefficient (Wildman–Crippen LogP) is 7.30. The van der Waals surface area contributed by atoms with Crippen LogP contribution in [-0.4, -0.2) is 12.4 Å². The SMILES string of the molecule is CCOc1cc(/C=C2\Sc3ccccc3C2=O)ccc1OCc1ccc(Cl)cc1Cl. The van der Waals surface area contributed by atoms with E-state index in [1.165, 1.54) is 11.8 Å². The molecular formula is C24H18Cl2O3S. The molecule has 0 fully saturated rings. The summed E-state index contributed by atoms with van der Waals surface area (Å²) in [5, 5.41) is 1.13. The van der Waals surface area contributed by atoms with Gasteiger partial charge in [0.1, 0.15) is 6.61 Å². The first-order valence-corrected chi connectivity index (χ1v) is 11.0. The predicted molar refractivity (Wildman–Crippen MR) is 123 cm³/mol. The maximum absolute atomic E-state index is 12.6. The van der Waals surface area contributed by atoms with Crippen molar-refractivity contribution in [1.82, 2.24) is 0 Å². The molecule has 0 unspecified atom stereocenters. The highest BCUT2D eigenvalue weighted by atomic mass is 35.5. The molecule has 6 heteroatoms. The van der Waals surface area contributed by atoms with Crippen LogP contribution >= 0.6 is 35.0 Å². The first-order chi connectivity index (χ1) is 14.5. The molecule has 4 rings (SSSR count). The Labute approximate surface area is 189 Å². The number of fused-ring (bicyclic) bond motifs is 1. The van der Waals surface area contributed by atoms with Gasteiger partial charge in [0, 0.05) is 26.1 Å². The van der Waals surface area contributed by atoms with Gasteiger partial charge in [-0.1, -0.05) is 59.2 Å². The molecule has 0 saturated heterocycles. The van der Waals surface area contributed by atoms with Crippen molar-refractivity contribution in [3.63, 3.8) is 0 Å². The van der Waals surface area contributed by atoms with Gasteiger partial charge in [-0.2, -0.15) is 0 Å². The fourth-order valence-corrected chi connectivity index (χ4v) is 4.60. The normalized spacial score (nSPS) is 14.1. The second-order valence-electron chi connectivity index (χ2n) is 6.60. The third-order valence-electron chi connectivity index (χ3n) is 4.54. The Kier molecular flexibility index (Phi) is 6.38. The summed E-state index contributed by atoms with van der Waals surface area (Å²) in [6.07, 6.45) is 1.88. The largest absolute Gasteiger partial charge is 0.490 e. The van der Waals surface area contributed by atoms with Gasteiger partial charge in [0.05, 0.1) is 11.5 Å². The fraction of sp³-hybridized carbons (Fsp3) is 0.125. The summed E-state index contributed by atoms with van der Waals surface area (Å²) in [5.41, 5.74) is 2.46. The molecule has 0 spiro atoms. The minimum absolute atomic E-state index is 0.0475. The molecule has 152 valence electrons. The number of carbonyl (C=O) groups excluding carboxylic acids is 1. The van der Waals surface area contributed by atoms with Crippen molar-refractivity contribution in [2.24, 2.45) is 0 Å². The first kappa shape index (κ1) is 20.9. The van der Waals surface area contributed by atoms with E-state index in [1.807, 2.05) is 61.5 Å². The highest BCUT2D eigenvalue weighted by Crippen LogP contribution is 2.41. The number of ether oxygens (including phenoxy) is 2. The van der Waals surface area contributed by atoms with Crippen LogP contribution in [0.4, 0.5) is 0 Å². The first-order valence-electron chi connectivity index (χ1n) is 9.42. The summed E-state index contributed by atoms with van der Waals surface area (Å²) in [6, 6.07) is 18.6. The van der Waals surface area contributed by atoms with Gasteiger partial charge in [0.25, 0.3) is 0 Å². The number of benzene rings is 3. The quantitative estimate of drug-likeness (QED) is 0.364. The van der Waals surface area contributed by atoms with Crippen LogP contribution < -0.4 is 9.47 Å². The molecule has 1 aliphatic rings. The molecule has 0 aromatic heterocycles. The zero-order valence-electron chi connectivity index (χ0n) is 16.2. The molecule has 0 amide bonds. The number of ketones is 1. The molecule has 0 saturated carbocycles. The van der Waals surface area contributed by atoms with Gasteiger partial charge in [-0.15, -0.1) is 0 Å². The molecule has 0 atom stereocenters. The van der Waals surface area contributed by atoms with E-state index >= 15 is 0 Å². The van der Waals surface area contributed by atoms with Crippen molar-refractivity contribution in [3.8, 4) is 11.5 Å². The number of hydrogen-bond acceptors (Lipinski definition) is 4. The fourth-order valence-electron chi connectivity index (χ4n) is 3.08. The van der Waals surface area contributed by atoms with Crippen molar-refractivity contribution in [2.45, 2.75) is 18.4 Å². The van der Waals surface area contributed by atoms with Crippen LogP contribution in [0.1, 0.15) is 28.4 Å². The average Bonchev–Trinajstić information content (AvgIpc) is 3.04. The van der Waals surface area contributed by atoms with Gasteiger partial charge in [-0.3, -0.25) is 4.79 Å². The van der Waals surface area contributed by atoms with Crippen LogP contribution in [0.25, 0.3) is 6.08 Å². The Morgan fingerprint density at radius 2 is 1.80 bits per heavy atom. The van der Waals surface area contributed by atoms with Crippen molar-refractivity contribution in [1.29, 1.82) is 0 Å². The highest BCUT2D eigenvalue weighted by Gasteiger charge is 2.25. The van der Waals surface area contributed by atoms with Crippen molar-refractivity contribution in [3.05, 3.63) is 92.3 Å². The van der Waals surface area contributed by atoms with E-state index in [4.69, 9.17) is 32.7 Å². The maximum Gasteiger partial charge on any atom is 0.200 e. The topological polar surface area (TPSA) is 35.5 Å². The van der Waals surface area contributed by atoms with Crippen LogP contribution in [0.15, 0.2) is 70.5 Å². The van der Waals surface area contributed by atoms with E-state index in [9.17, 15) is 4.79 Å². The Balaban J connectivity index is 1.56. The second kappa shape index (κ2) is 9.17. The molecule has 1 heterocycles. The van der Waals surface area contributed by atoms with E-state index in [1.54, 1.807) is 12.1 Å². The third-order valence-corrected chi connectivity index (χ3v) is 6.23. The molecular weight excluding hydrogens is 439 g/mol. The van der Waals surface area contributed by atoms with Gasteiger partial charge in [-0.05, 0) is 55.0 Å². The lowest BCUT2D eigenvalue weighted by atomic mass is 10.1. The lowest BCUT2D eigenvalue weighted by molar-refractivity contribution is 0.104. The zero-order valence-corrected chi connectivity index (χ0v) is 18.5. The molecule has 0 bridgehead atoms. The van der Waals surface area contributed by atoms with Crippen LogP contribution in [0.3, 0.4) is 0 Å².